The summed E-state index contributed by atoms with van der Waals surface area (Å²) in [7, 11) is 0. The SMILES string of the molecule is O=C1Cc2ccccc2C(O)(c2ccccc2)O1. The van der Waals surface area contributed by atoms with Crippen LogP contribution in [0.4, 0.5) is 0 Å². The Balaban J connectivity index is 2.21. The predicted octanol–water partition coefficient (Wildman–Crippen LogP) is 1.98. The smallest absolute Gasteiger partial charge is 0.313 e. The lowest BCUT2D eigenvalue weighted by Gasteiger charge is -2.33. The molecule has 0 aliphatic carbocycles. The number of esters is 1. The quantitative estimate of drug-likeness (QED) is 0.775. The van der Waals surface area contributed by atoms with E-state index in [0.717, 1.165) is 5.56 Å². The highest BCUT2D eigenvalue weighted by Gasteiger charge is 2.41. The third-order valence-corrected chi connectivity index (χ3v) is 3.14. The Labute approximate surface area is 105 Å². The summed E-state index contributed by atoms with van der Waals surface area (Å²) < 4.78 is 5.20. The standard InChI is InChI=1S/C15H12O3/c16-14-10-11-6-4-5-9-13(11)15(17,18-14)12-7-2-1-3-8-12/h1-9,17H,10H2. The van der Waals surface area contributed by atoms with Crippen molar-refractivity contribution in [1.82, 2.24) is 0 Å². The summed E-state index contributed by atoms with van der Waals surface area (Å²) in [5, 5.41) is 10.7. The first kappa shape index (κ1) is 11.0. The Hall–Kier alpha value is -2.13. The summed E-state index contributed by atoms with van der Waals surface area (Å²) in [6.45, 7) is 0. The number of carbonyl (C=O) groups excluding carboxylic acids is 1. The minimum Gasteiger partial charge on any atom is -0.424 e. The molecule has 0 saturated heterocycles. The van der Waals surface area contributed by atoms with E-state index in [4.69, 9.17) is 4.74 Å². The summed E-state index contributed by atoms with van der Waals surface area (Å²) in [6.07, 6.45) is 0.200. The fraction of sp³-hybridized carbons (Fsp3) is 0.133. The lowest BCUT2D eigenvalue weighted by molar-refractivity contribution is -0.201. The largest absolute Gasteiger partial charge is 0.424 e. The molecule has 1 N–H and O–H groups in total. The van der Waals surface area contributed by atoms with Gasteiger partial charge in [0.1, 0.15) is 0 Å². The Morgan fingerprint density at radius 1 is 1.00 bits per heavy atom. The first-order valence-electron chi connectivity index (χ1n) is 5.78. The summed E-state index contributed by atoms with van der Waals surface area (Å²) in [6, 6.07) is 16.2. The van der Waals surface area contributed by atoms with E-state index >= 15 is 0 Å². The molecular formula is C15H12O3. The van der Waals surface area contributed by atoms with E-state index in [2.05, 4.69) is 0 Å². The third kappa shape index (κ3) is 1.60. The topological polar surface area (TPSA) is 46.5 Å². The molecule has 2 aromatic rings. The van der Waals surface area contributed by atoms with E-state index in [9.17, 15) is 9.90 Å². The highest BCUT2D eigenvalue weighted by Crippen LogP contribution is 2.36. The minimum atomic E-state index is -1.67. The summed E-state index contributed by atoms with van der Waals surface area (Å²) in [5.41, 5.74) is 2.00. The van der Waals surface area contributed by atoms with E-state index < -0.39 is 11.8 Å². The molecule has 0 bridgehead atoms. The van der Waals surface area contributed by atoms with Gasteiger partial charge in [0.05, 0.1) is 6.42 Å². The molecule has 90 valence electrons. The zero-order chi connectivity index (χ0) is 12.6. The minimum absolute atomic E-state index is 0.200. The van der Waals surface area contributed by atoms with Crippen molar-refractivity contribution in [1.29, 1.82) is 0 Å². The van der Waals surface area contributed by atoms with Crippen LogP contribution in [0.25, 0.3) is 0 Å². The van der Waals surface area contributed by atoms with Gasteiger partial charge in [-0.25, -0.2) is 0 Å². The van der Waals surface area contributed by atoms with E-state index in [0.29, 0.717) is 11.1 Å². The molecule has 0 saturated carbocycles. The Kier molecular flexibility index (Phi) is 2.42. The maximum Gasteiger partial charge on any atom is 0.313 e. The van der Waals surface area contributed by atoms with Gasteiger partial charge < -0.3 is 9.84 Å². The van der Waals surface area contributed by atoms with Crippen LogP contribution in [0.3, 0.4) is 0 Å². The molecular weight excluding hydrogens is 228 g/mol. The molecule has 0 spiro atoms. The van der Waals surface area contributed by atoms with Gasteiger partial charge in [0.15, 0.2) is 0 Å². The van der Waals surface area contributed by atoms with Crippen molar-refractivity contribution in [3.63, 3.8) is 0 Å². The maximum atomic E-state index is 11.6. The van der Waals surface area contributed by atoms with Gasteiger partial charge in [0.25, 0.3) is 5.79 Å². The van der Waals surface area contributed by atoms with Crippen LogP contribution < -0.4 is 0 Å². The van der Waals surface area contributed by atoms with Crippen LogP contribution in [0.2, 0.25) is 0 Å². The van der Waals surface area contributed by atoms with Gasteiger partial charge in [0.2, 0.25) is 0 Å². The monoisotopic (exact) mass is 240 g/mol. The first-order valence-corrected chi connectivity index (χ1v) is 5.78. The van der Waals surface area contributed by atoms with Crippen LogP contribution in [-0.4, -0.2) is 11.1 Å². The van der Waals surface area contributed by atoms with E-state index in [1.165, 1.54) is 0 Å². The van der Waals surface area contributed by atoms with E-state index in [-0.39, 0.29) is 6.42 Å². The van der Waals surface area contributed by atoms with Gasteiger partial charge in [-0.3, -0.25) is 4.79 Å². The van der Waals surface area contributed by atoms with Crippen LogP contribution in [0.5, 0.6) is 0 Å². The molecule has 1 aliphatic heterocycles. The van der Waals surface area contributed by atoms with Crippen LogP contribution in [0, 0.1) is 0 Å². The van der Waals surface area contributed by atoms with Crippen LogP contribution in [0.15, 0.2) is 54.6 Å². The predicted molar refractivity (Wildman–Crippen MR) is 65.7 cm³/mol. The van der Waals surface area contributed by atoms with Gasteiger partial charge in [-0.2, -0.15) is 0 Å². The van der Waals surface area contributed by atoms with Gasteiger partial charge in [-0.15, -0.1) is 0 Å². The van der Waals surface area contributed by atoms with Crippen LogP contribution in [0.1, 0.15) is 16.7 Å². The van der Waals surface area contributed by atoms with Crippen molar-refractivity contribution in [3.05, 3.63) is 71.3 Å². The number of rotatable bonds is 1. The first-order chi connectivity index (χ1) is 8.70. The van der Waals surface area contributed by atoms with Gasteiger partial charge in [0, 0.05) is 11.1 Å². The fourth-order valence-corrected chi connectivity index (χ4v) is 2.29. The number of aliphatic hydroxyl groups is 1. The lowest BCUT2D eigenvalue weighted by atomic mass is 9.90. The highest BCUT2D eigenvalue weighted by molar-refractivity contribution is 5.76. The molecule has 0 fully saturated rings. The van der Waals surface area contributed by atoms with Crippen molar-refractivity contribution >= 4 is 5.97 Å². The third-order valence-electron chi connectivity index (χ3n) is 3.14. The molecule has 0 radical (unpaired) electrons. The van der Waals surface area contributed by atoms with Crippen molar-refractivity contribution in [2.24, 2.45) is 0 Å². The molecule has 2 aromatic carbocycles. The molecule has 0 aromatic heterocycles. The van der Waals surface area contributed by atoms with Gasteiger partial charge in [-0.1, -0.05) is 54.6 Å². The number of ether oxygens (including phenoxy) is 1. The second-order valence-electron chi connectivity index (χ2n) is 4.32. The van der Waals surface area contributed by atoms with Gasteiger partial charge >= 0.3 is 5.97 Å². The zero-order valence-electron chi connectivity index (χ0n) is 9.67. The number of fused-ring (bicyclic) bond motifs is 1. The summed E-state index contributed by atoms with van der Waals surface area (Å²) in [5.74, 6) is -2.09. The number of hydrogen-bond donors (Lipinski definition) is 1. The molecule has 18 heavy (non-hydrogen) atoms. The van der Waals surface area contributed by atoms with Crippen molar-refractivity contribution in [3.8, 4) is 0 Å². The molecule has 1 aliphatic rings. The Morgan fingerprint density at radius 3 is 2.44 bits per heavy atom. The molecule has 1 atom stereocenters. The average Bonchev–Trinajstić information content (AvgIpc) is 2.39. The lowest BCUT2D eigenvalue weighted by Crippen LogP contribution is -2.39. The summed E-state index contributed by atoms with van der Waals surface area (Å²) in [4.78, 5) is 11.6. The summed E-state index contributed by atoms with van der Waals surface area (Å²) >= 11 is 0. The average molecular weight is 240 g/mol. The van der Waals surface area contributed by atoms with Crippen molar-refractivity contribution in [2.75, 3.05) is 0 Å². The van der Waals surface area contributed by atoms with Gasteiger partial charge in [-0.05, 0) is 5.56 Å². The number of hydrogen-bond acceptors (Lipinski definition) is 3. The van der Waals surface area contributed by atoms with E-state index in [1.54, 1.807) is 30.3 Å². The second kappa shape index (κ2) is 3.96. The molecule has 0 amide bonds. The Bertz CT molecular complexity index is 592. The normalized spacial score (nSPS) is 22.2. The van der Waals surface area contributed by atoms with E-state index in [1.807, 2.05) is 24.3 Å². The fourth-order valence-electron chi connectivity index (χ4n) is 2.29. The van der Waals surface area contributed by atoms with Crippen molar-refractivity contribution < 1.29 is 14.6 Å². The highest BCUT2D eigenvalue weighted by atomic mass is 16.7. The maximum absolute atomic E-state index is 11.6. The van der Waals surface area contributed by atoms with Crippen molar-refractivity contribution in [2.45, 2.75) is 12.2 Å². The molecule has 3 rings (SSSR count). The molecule has 1 heterocycles. The van der Waals surface area contributed by atoms with Crippen LogP contribution in [-0.2, 0) is 21.7 Å². The molecule has 3 heteroatoms. The number of benzene rings is 2. The van der Waals surface area contributed by atoms with Crippen LogP contribution >= 0.6 is 0 Å². The molecule has 3 nitrogen and oxygen atoms in total. The zero-order valence-corrected chi connectivity index (χ0v) is 9.67. The molecule has 1 unspecified atom stereocenters. The number of carbonyl (C=O) groups is 1. The number of cyclic esters (lactones) is 1. The Morgan fingerprint density at radius 2 is 1.67 bits per heavy atom. The second-order valence-corrected chi connectivity index (χ2v) is 4.32.